The van der Waals surface area contributed by atoms with Crippen molar-refractivity contribution < 1.29 is 29.3 Å². The molecule has 0 aliphatic heterocycles. The highest BCUT2D eigenvalue weighted by Gasteiger charge is 2.63. The van der Waals surface area contributed by atoms with Crippen LogP contribution in [-0.2, 0) is 16.2 Å². The lowest BCUT2D eigenvalue weighted by atomic mass is 9.39. The van der Waals surface area contributed by atoms with E-state index in [1.807, 2.05) is 12.1 Å². The molecule has 0 amide bonds. The van der Waals surface area contributed by atoms with Gasteiger partial charge in [0.25, 0.3) is 0 Å². The molecule has 8 saturated carbocycles. The van der Waals surface area contributed by atoms with E-state index in [1.54, 1.807) is 48.5 Å². The van der Waals surface area contributed by atoms with Crippen LogP contribution in [0.2, 0.25) is 0 Å². The minimum Gasteiger partial charge on any atom is -0.478 e. The second-order valence-electron chi connectivity index (χ2n) is 24.9. The Hall–Kier alpha value is -6.14. The molecule has 6 nitrogen and oxygen atoms in total. The van der Waals surface area contributed by atoms with Crippen LogP contribution in [-0.4, -0.2) is 22.2 Å². The third kappa shape index (κ3) is 6.56. The van der Waals surface area contributed by atoms with Gasteiger partial charge in [-0.2, -0.15) is 0 Å². The van der Waals surface area contributed by atoms with Gasteiger partial charge in [0.2, 0.25) is 0 Å². The smallest absolute Gasteiger partial charge is 0.335 e. The second-order valence-corrected chi connectivity index (χ2v) is 24.9. The normalized spacial score (nSPS) is 32.6. The molecule has 0 spiro atoms. The van der Waals surface area contributed by atoms with Crippen molar-refractivity contribution in [3.8, 4) is 34.1 Å². The Morgan fingerprint density at radius 2 is 0.797 bits per heavy atom. The van der Waals surface area contributed by atoms with Gasteiger partial charge in [-0.05, 0) is 215 Å². The number of hydrogen-bond donors (Lipinski definition) is 2. The Morgan fingerprint density at radius 3 is 1.14 bits per heavy atom. The lowest BCUT2D eigenvalue weighted by molar-refractivity contribution is -0.110. The molecular formula is C63H62O6. The first-order valence-corrected chi connectivity index (χ1v) is 25.5. The quantitative estimate of drug-likeness (QED) is 0.142. The number of ether oxygens (including phenoxy) is 2. The van der Waals surface area contributed by atoms with Crippen molar-refractivity contribution in [1.29, 1.82) is 0 Å². The first kappa shape index (κ1) is 42.9. The maximum atomic E-state index is 12.0. The fourth-order valence-corrected chi connectivity index (χ4v) is 18.6. The van der Waals surface area contributed by atoms with Crippen LogP contribution < -0.4 is 9.47 Å². The monoisotopic (exact) mass is 914 g/mol. The van der Waals surface area contributed by atoms with Crippen molar-refractivity contribution in [2.75, 3.05) is 0 Å². The number of fused-ring (bicyclic) bond motifs is 3. The predicted molar refractivity (Wildman–Crippen MR) is 269 cm³/mol. The molecule has 4 atom stereocenters. The van der Waals surface area contributed by atoms with Crippen LogP contribution in [0.3, 0.4) is 0 Å². The summed E-state index contributed by atoms with van der Waals surface area (Å²) in [5.41, 5.74) is 10.6. The van der Waals surface area contributed by atoms with E-state index in [9.17, 15) is 19.8 Å². The van der Waals surface area contributed by atoms with Gasteiger partial charge in [-0.3, -0.25) is 0 Å². The molecule has 0 radical (unpaired) electrons. The zero-order valence-electron chi connectivity index (χ0n) is 40.4. The maximum Gasteiger partial charge on any atom is 0.335 e. The van der Waals surface area contributed by atoms with Gasteiger partial charge < -0.3 is 19.7 Å². The highest BCUT2D eigenvalue weighted by atomic mass is 16.5. The number of rotatable bonds is 10. The van der Waals surface area contributed by atoms with Crippen molar-refractivity contribution in [2.24, 2.45) is 33.5 Å². The predicted octanol–water partition coefficient (Wildman–Crippen LogP) is 15.5. The van der Waals surface area contributed by atoms with Crippen molar-refractivity contribution in [2.45, 2.75) is 121 Å². The van der Waals surface area contributed by atoms with E-state index >= 15 is 0 Å². The fourth-order valence-electron chi connectivity index (χ4n) is 18.6. The Labute approximate surface area is 406 Å². The van der Waals surface area contributed by atoms with Gasteiger partial charge in [0, 0.05) is 11.1 Å². The summed E-state index contributed by atoms with van der Waals surface area (Å²) < 4.78 is 14.1. The number of aromatic carboxylic acids is 2. The van der Waals surface area contributed by atoms with Crippen LogP contribution in [0.1, 0.15) is 159 Å². The van der Waals surface area contributed by atoms with E-state index < -0.39 is 17.4 Å². The molecule has 6 aromatic carbocycles. The SMILES string of the molecule is CC12CC3CC(C)(C1)CC(c1ccc4c(c1)C(c1ccccc1Oc1ccc(C(=O)O)cc1)(c1ccccc1Oc1ccc(C(=O)O)cc1)c1cc(C56CC7CC(C)(CC(C)(C7)C5)C6)ccc1-4)(C3)C2. The average molecular weight is 915 g/mol. The lowest BCUT2D eigenvalue weighted by Gasteiger charge is -2.65. The molecule has 2 N–H and O–H groups in total. The molecule has 9 aliphatic rings. The van der Waals surface area contributed by atoms with Gasteiger partial charge in [0.05, 0.1) is 16.5 Å². The van der Waals surface area contributed by atoms with E-state index in [2.05, 4.69) is 100 Å². The number of hydrogen-bond acceptors (Lipinski definition) is 4. The van der Waals surface area contributed by atoms with Crippen LogP contribution in [0.4, 0.5) is 0 Å². The van der Waals surface area contributed by atoms with Crippen molar-refractivity contribution in [3.63, 3.8) is 0 Å². The first-order chi connectivity index (χ1) is 33.0. The largest absolute Gasteiger partial charge is 0.478 e. The molecule has 6 aromatic rings. The molecule has 9 aliphatic carbocycles. The van der Waals surface area contributed by atoms with Crippen LogP contribution in [0, 0.1) is 33.5 Å². The van der Waals surface area contributed by atoms with E-state index in [4.69, 9.17) is 9.47 Å². The molecule has 6 heteroatoms. The van der Waals surface area contributed by atoms with Crippen LogP contribution >= 0.6 is 0 Å². The zero-order valence-corrected chi connectivity index (χ0v) is 40.4. The lowest BCUT2D eigenvalue weighted by Crippen LogP contribution is -2.56. The average Bonchev–Trinajstić information content (AvgIpc) is 3.57. The van der Waals surface area contributed by atoms with Gasteiger partial charge in [0.1, 0.15) is 23.0 Å². The zero-order chi connectivity index (χ0) is 47.3. The number of carbonyl (C=O) groups is 2. The minimum atomic E-state index is -0.982. The van der Waals surface area contributed by atoms with E-state index in [1.165, 1.54) is 110 Å². The van der Waals surface area contributed by atoms with Crippen LogP contribution in [0.5, 0.6) is 23.0 Å². The van der Waals surface area contributed by atoms with E-state index in [0.717, 1.165) is 23.0 Å². The highest BCUT2D eigenvalue weighted by Crippen LogP contribution is 2.72. The first-order valence-electron chi connectivity index (χ1n) is 25.5. The van der Waals surface area contributed by atoms with Gasteiger partial charge in [0.15, 0.2) is 0 Å². The van der Waals surface area contributed by atoms with Crippen LogP contribution in [0.15, 0.2) is 133 Å². The van der Waals surface area contributed by atoms with Crippen molar-refractivity contribution >= 4 is 11.9 Å². The van der Waals surface area contributed by atoms with Gasteiger partial charge in [-0.15, -0.1) is 0 Å². The van der Waals surface area contributed by atoms with Crippen molar-refractivity contribution in [1.82, 2.24) is 0 Å². The number of para-hydroxylation sites is 2. The molecule has 8 fully saturated rings. The summed E-state index contributed by atoms with van der Waals surface area (Å²) in [5, 5.41) is 19.6. The summed E-state index contributed by atoms with van der Waals surface area (Å²) in [4.78, 5) is 24.0. The topological polar surface area (TPSA) is 93.1 Å². The van der Waals surface area contributed by atoms with Gasteiger partial charge in [-0.25, -0.2) is 9.59 Å². The maximum absolute atomic E-state index is 12.0. The molecule has 8 bridgehead atoms. The Kier molecular flexibility index (Phi) is 9.00. The number of carboxylic acids is 2. The molecule has 69 heavy (non-hydrogen) atoms. The molecule has 350 valence electrons. The van der Waals surface area contributed by atoms with Crippen molar-refractivity contribution in [3.05, 3.63) is 178 Å². The van der Waals surface area contributed by atoms with Crippen LogP contribution in [0.25, 0.3) is 11.1 Å². The standard InChI is InChI=1S/C63H62O6/c1-57-27-39-28-58(2,33-57)36-61(31-39,35-57)43-17-23-47-48-24-18-44(62-32-40-29-59(3,37-62)34-60(4,30-40)38-62)26-52(48)63(51(47)25-43,49-9-5-7-11-53(49)68-45-19-13-41(14-20-45)55(64)65)50-10-6-8-12-54(50)69-46-21-15-42(16-22-46)56(66)67/h5-26,39-40H,27-38H2,1-4H3,(H,64,65)(H,66,67). The summed E-state index contributed by atoms with van der Waals surface area (Å²) >= 11 is 0. The summed E-state index contributed by atoms with van der Waals surface area (Å²) in [7, 11) is 0. The number of carboxylic acid groups (broad SMARTS) is 2. The molecule has 0 heterocycles. The van der Waals surface area contributed by atoms with Gasteiger partial charge in [-0.1, -0.05) is 100 Å². The Morgan fingerprint density at radius 1 is 0.435 bits per heavy atom. The molecular weight excluding hydrogens is 853 g/mol. The summed E-state index contributed by atoms with van der Waals surface area (Å²) in [6.07, 6.45) is 15.2. The molecule has 0 aromatic heterocycles. The van der Waals surface area contributed by atoms with E-state index in [0.29, 0.717) is 44.7 Å². The number of benzene rings is 6. The van der Waals surface area contributed by atoms with E-state index in [-0.39, 0.29) is 22.0 Å². The third-order valence-corrected chi connectivity index (χ3v) is 18.9. The summed E-state index contributed by atoms with van der Waals surface area (Å²) in [6.45, 7) is 10.3. The fraction of sp³-hybridized carbons (Fsp3) is 0.397. The molecule has 15 rings (SSSR count). The Bertz CT molecular complexity index is 2880. The molecule has 0 saturated heterocycles. The second kappa shape index (κ2) is 14.5. The molecule has 4 unspecified atom stereocenters. The minimum absolute atomic E-state index is 0.0670. The summed E-state index contributed by atoms with van der Waals surface area (Å²) in [6, 6.07) is 45.4. The summed E-state index contributed by atoms with van der Waals surface area (Å²) in [5.74, 6) is 1.95. The highest BCUT2D eigenvalue weighted by molar-refractivity contribution is 5.90. The van der Waals surface area contributed by atoms with Gasteiger partial charge >= 0.3 is 11.9 Å². The third-order valence-electron chi connectivity index (χ3n) is 18.9. The Balaban J connectivity index is 1.08.